The van der Waals surface area contributed by atoms with Crippen LogP contribution < -0.4 is 4.74 Å². The summed E-state index contributed by atoms with van der Waals surface area (Å²) in [6.45, 7) is 15.2. The third-order valence-electron chi connectivity index (χ3n) is 4.60. The predicted molar refractivity (Wildman–Crippen MR) is 120 cm³/mol. The lowest BCUT2D eigenvalue weighted by Crippen LogP contribution is -2.17. The van der Waals surface area contributed by atoms with Crippen LogP contribution in [0.3, 0.4) is 0 Å². The van der Waals surface area contributed by atoms with E-state index < -0.39 is 0 Å². The van der Waals surface area contributed by atoms with Crippen LogP contribution in [-0.2, 0) is 12.8 Å². The summed E-state index contributed by atoms with van der Waals surface area (Å²) in [6, 6.07) is 10.5. The van der Waals surface area contributed by atoms with E-state index in [0.29, 0.717) is 42.6 Å². The van der Waals surface area contributed by atoms with Gasteiger partial charge in [0.2, 0.25) is 0 Å². The van der Waals surface area contributed by atoms with Gasteiger partial charge in [-0.1, -0.05) is 54.6 Å². The Labute approximate surface area is 173 Å². The van der Waals surface area contributed by atoms with E-state index in [9.17, 15) is 9.90 Å². The molecule has 0 aliphatic heterocycles. The van der Waals surface area contributed by atoms with Crippen molar-refractivity contribution in [3.63, 3.8) is 0 Å². The molecule has 29 heavy (non-hydrogen) atoms. The van der Waals surface area contributed by atoms with Crippen molar-refractivity contribution >= 4 is 5.78 Å². The fourth-order valence-corrected chi connectivity index (χ4v) is 3.31. The molecule has 2 rings (SSSR count). The average Bonchev–Trinajstić information content (AvgIpc) is 2.71. The molecule has 0 aliphatic rings. The zero-order valence-electron chi connectivity index (χ0n) is 16.8. The van der Waals surface area contributed by atoms with Crippen LogP contribution in [0.1, 0.15) is 39.9 Å². The van der Waals surface area contributed by atoms with E-state index in [1.165, 1.54) is 6.07 Å². The largest absolute Gasteiger partial charge is 0.507 e. The standard InChI is InChI=1S/C26H28O3/c1-5-12-20(13-6-2)29-24-18-23(27)25(22(15-8-4)21(24)14-7-3)26(28)19-16-10-9-11-17-19/h5-11,16-18,20,27H,1-4,12-15H2. The first kappa shape index (κ1) is 22.0. The fourth-order valence-electron chi connectivity index (χ4n) is 3.31. The number of ether oxygens (including phenoxy) is 1. The van der Waals surface area contributed by atoms with Crippen molar-refractivity contribution in [2.24, 2.45) is 0 Å². The summed E-state index contributed by atoms with van der Waals surface area (Å²) in [6.07, 6.45) is 9.12. The van der Waals surface area contributed by atoms with Crippen molar-refractivity contribution in [1.29, 1.82) is 0 Å². The SMILES string of the molecule is C=CCc1c(OC(CC=C)CC=C)cc(O)c(C(=O)c2ccccc2)c1CC=C. The maximum Gasteiger partial charge on any atom is 0.197 e. The predicted octanol–water partition coefficient (Wildman–Crippen LogP) is 5.98. The summed E-state index contributed by atoms with van der Waals surface area (Å²) in [5, 5.41) is 10.8. The lowest BCUT2D eigenvalue weighted by Gasteiger charge is -2.23. The number of hydrogen-bond acceptors (Lipinski definition) is 3. The summed E-state index contributed by atoms with van der Waals surface area (Å²) >= 11 is 0. The molecule has 0 heterocycles. The third-order valence-corrected chi connectivity index (χ3v) is 4.60. The van der Waals surface area contributed by atoms with Crippen molar-refractivity contribution in [2.45, 2.75) is 31.8 Å². The van der Waals surface area contributed by atoms with Gasteiger partial charge in [0, 0.05) is 30.0 Å². The van der Waals surface area contributed by atoms with Crippen LogP contribution in [0.25, 0.3) is 0 Å². The number of rotatable bonds is 12. The molecule has 0 unspecified atom stereocenters. The topological polar surface area (TPSA) is 46.5 Å². The molecule has 0 bridgehead atoms. The summed E-state index contributed by atoms with van der Waals surface area (Å²) < 4.78 is 6.19. The summed E-state index contributed by atoms with van der Waals surface area (Å²) in [7, 11) is 0. The van der Waals surface area contributed by atoms with E-state index in [2.05, 4.69) is 26.3 Å². The van der Waals surface area contributed by atoms with Crippen molar-refractivity contribution < 1.29 is 14.6 Å². The molecule has 0 amide bonds. The number of aromatic hydroxyl groups is 1. The van der Waals surface area contributed by atoms with Crippen molar-refractivity contribution in [3.8, 4) is 11.5 Å². The monoisotopic (exact) mass is 388 g/mol. The number of carbonyl (C=O) groups excluding carboxylic acids is 1. The van der Waals surface area contributed by atoms with Crippen LogP contribution in [0, 0.1) is 0 Å². The molecule has 0 aromatic heterocycles. The highest BCUT2D eigenvalue weighted by Crippen LogP contribution is 2.37. The molecule has 150 valence electrons. The van der Waals surface area contributed by atoms with E-state index in [1.807, 2.05) is 6.07 Å². The van der Waals surface area contributed by atoms with Crippen LogP contribution >= 0.6 is 0 Å². The van der Waals surface area contributed by atoms with E-state index in [-0.39, 0.29) is 23.2 Å². The second-order valence-electron chi connectivity index (χ2n) is 6.70. The second-order valence-corrected chi connectivity index (χ2v) is 6.70. The molecule has 2 aromatic rings. The van der Waals surface area contributed by atoms with Gasteiger partial charge in [0.25, 0.3) is 0 Å². The molecule has 0 spiro atoms. The van der Waals surface area contributed by atoms with Gasteiger partial charge in [0.15, 0.2) is 5.78 Å². The van der Waals surface area contributed by atoms with Gasteiger partial charge in [0.1, 0.15) is 17.6 Å². The fraction of sp³-hybridized carbons (Fsp3) is 0.192. The highest BCUT2D eigenvalue weighted by atomic mass is 16.5. The molecule has 2 aromatic carbocycles. The molecule has 3 heteroatoms. The minimum Gasteiger partial charge on any atom is -0.507 e. The molecule has 3 nitrogen and oxygen atoms in total. The van der Waals surface area contributed by atoms with Gasteiger partial charge in [-0.3, -0.25) is 4.79 Å². The second kappa shape index (κ2) is 10.9. The van der Waals surface area contributed by atoms with E-state index in [1.54, 1.807) is 48.6 Å². The Morgan fingerprint density at radius 1 is 0.931 bits per heavy atom. The summed E-state index contributed by atoms with van der Waals surface area (Å²) in [5.41, 5.74) is 2.33. The Hall–Kier alpha value is -3.33. The smallest absolute Gasteiger partial charge is 0.197 e. The Bertz CT molecular complexity index is 884. The zero-order valence-corrected chi connectivity index (χ0v) is 16.8. The average molecular weight is 389 g/mol. The van der Waals surface area contributed by atoms with Crippen LogP contribution in [0.5, 0.6) is 11.5 Å². The maximum atomic E-state index is 13.2. The lowest BCUT2D eigenvalue weighted by molar-refractivity contribution is 0.103. The molecular weight excluding hydrogens is 360 g/mol. The Morgan fingerprint density at radius 3 is 2.07 bits per heavy atom. The van der Waals surface area contributed by atoms with Gasteiger partial charge in [-0.2, -0.15) is 0 Å². The molecule has 0 saturated carbocycles. The molecular formula is C26H28O3. The Balaban J connectivity index is 2.64. The molecule has 0 fully saturated rings. The lowest BCUT2D eigenvalue weighted by atomic mass is 9.89. The van der Waals surface area contributed by atoms with Gasteiger partial charge in [-0.05, 0) is 18.4 Å². The van der Waals surface area contributed by atoms with Crippen LogP contribution in [0.2, 0.25) is 0 Å². The highest BCUT2D eigenvalue weighted by Gasteiger charge is 2.24. The quantitative estimate of drug-likeness (QED) is 0.359. The van der Waals surface area contributed by atoms with Crippen LogP contribution in [-0.4, -0.2) is 17.0 Å². The summed E-state index contributed by atoms with van der Waals surface area (Å²) in [4.78, 5) is 13.2. The molecule has 0 atom stereocenters. The number of allylic oxidation sites excluding steroid dienone is 2. The number of phenols is 1. The van der Waals surface area contributed by atoms with Gasteiger partial charge in [-0.15, -0.1) is 26.3 Å². The number of carbonyl (C=O) groups is 1. The van der Waals surface area contributed by atoms with Crippen LogP contribution in [0.4, 0.5) is 0 Å². The number of benzene rings is 2. The Morgan fingerprint density at radius 2 is 1.52 bits per heavy atom. The first-order chi connectivity index (χ1) is 14.1. The minimum absolute atomic E-state index is 0.102. The first-order valence-corrected chi connectivity index (χ1v) is 9.65. The normalized spacial score (nSPS) is 10.4. The molecule has 0 radical (unpaired) electrons. The van der Waals surface area contributed by atoms with Gasteiger partial charge in [0.05, 0.1) is 5.56 Å². The number of phenolic OH excluding ortho intramolecular Hbond substituents is 1. The number of hydrogen-bond donors (Lipinski definition) is 1. The number of ketones is 1. The minimum atomic E-state index is -0.231. The highest BCUT2D eigenvalue weighted by molar-refractivity contribution is 6.12. The molecule has 0 aliphatic carbocycles. The van der Waals surface area contributed by atoms with Crippen molar-refractivity contribution in [3.05, 3.63) is 109 Å². The van der Waals surface area contributed by atoms with E-state index >= 15 is 0 Å². The van der Waals surface area contributed by atoms with Crippen molar-refractivity contribution in [1.82, 2.24) is 0 Å². The maximum absolute atomic E-state index is 13.2. The molecule has 0 saturated heterocycles. The third kappa shape index (κ3) is 5.35. The Kier molecular flexibility index (Phi) is 8.23. The molecule has 1 N–H and O–H groups in total. The van der Waals surface area contributed by atoms with E-state index in [4.69, 9.17) is 4.74 Å². The van der Waals surface area contributed by atoms with Crippen LogP contribution in [0.15, 0.2) is 87.0 Å². The van der Waals surface area contributed by atoms with Gasteiger partial charge < -0.3 is 9.84 Å². The first-order valence-electron chi connectivity index (χ1n) is 9.65. The van der Waals surface area contributed by atoms with Gasteiger partial charge >= 0.3 is 0 Å². The van der Waals surface area contributed by atoms with E-state index in [0.717, 1.165) is 5.56 Å². The summed E-state index contributed by atoms with van der Waals surface area (Å²) in [5.74, 6) is 0.206. The zero-order chi connectivity index (χ0) is 21.2. The van der Waals surface area contributed by atoms with Gasteiger partial charge in [-0.25, -0.2) is 0 Å². The van der Waals surface area contributed by atoms with Crippen molar-refractivity contribution in [2.75, 3.05) is 0 Å².